The first-order chi connectivity index (χ1) is 9.17. The molecule has 0 unspecified atom stereocenters. The molecule has 0 bridgehead atoms. The molecule has 2 rings (SSSR count). The van der Waals surface area contributed by atoms with E-state index >= 15 is 0 Å². The van der Waals surface area contributed by atoms with E-state index in [4.69, 9.17) is 11.6 Å². The van der Waals surface area contributed by atoms with Gasteiger partial charge in [0.1, 0.15) is 11.6 Å². The van der Waals surface area contributed by atoms with Gasteiger partial charge in [0.25, 0.3) is 0 Å². The van der Waals surface area contributed by atoms with Crippen molar-refractivity contribution in [2.24, 2.45) is 0 Å². The van der Waals surface area contributed by atoms with Crippen molar-refractivity contribution < 1.29 is 4.39 Å². The molecular weight excluding hydrogens is 331 g/mol. The Morgan fingerprint density at radius 3 is 2.84 bits per heavy atom. The topological polar surface area (TPSA) is 17.8 Å². The SMILES string of the molecule is CCCCCn1c(CCCl)nc2cc(F)c(Br)cc21. The summed E-state index contributed by atoms with van der Waals surface area (Å²) in [5, 5.41) is 0. The quantitative estimate of drug-likeness (QED) is 0.536. The average Bonchev–Trinajstić information content (AvgIpc) is 2.69. The van der Waals surface area contributed by atoms with Gasteiger partial charge in [-0.1, -0.05) is 19.8 Å². The van der Waals surface area contributed by atoms with Crippen LogP contribution in [0.5, 0.6) is 0 Å². The van der Waals surface area contributed by atoms with Crippen LogP contribution in [0.3, 0.4) is 0 Å². The van der Waals surface area contributed by atoms with Crippen LogP contribution in [-0.2, 0) is 13.0 Å². The third-order valence-electron chi connectivity index (χ3n) is 3.17. The summed E-state index contributed by atoms with van der Waals surface area (Å²) in [7, 11) is 0. The molecule has 0 saturated heterocycles. The smallest absolute Gasteiger partial charge is 0.139 e. The highest BCUT2D eigenvalue weighted by Crippen LogP contribution is 2.25. The van der Waals surface area contributed by atoms with Crippen molar-refractivity contribution in [2.45, 2.75) is 39.2 Å². The Labute approximate surface area is 126 Å². The number of fused-ring (bicyclic) bond motifs is 1. The Kier molecular flexibility index (Phi) is 5.22. The fraction of sp³-hybridized carbons (Fsp3) is 0.500. The highest BCUT2D eigenvalue weighted by Gasteiger charge is 2.12. The molecule has 0 fully saturated rings. The fourth-order valence-corrected chi connectivity index (χ4v) is 2.72. The van der Waals surface area contributed by atoms with Crippen LogP contribution in [0.1, 0.15) is 32.0 Å². The van der Waals surface area contributed by atoms with Crippen molar-refractivity contribution in [1.82, 2.24) is 9.55 Å². The van der Waals surface area contributed by atoms with Crippen LogP contribution in [-0.4, -0.2) is 15.4 Å². The first-order valence-electron chi connectivity index (χ1n) is 6.57. The van der Waals surface area contributed by atoms with Gasteiger partial charge in [-0.25, -0.2) is 9.37 Å². The molecule has 104 valence electrons. The van der Waals surface area contributed by atoms with E-state index in [0.717, 1.165) is 24.3 Å². The Balaban J connectivity index is 2.43. The van der Waals surface area contributed by atoms with Gasteiger partial charge < -0.3 is 4.57 Å². The van der Waals surface area contributed by atoms with Gasteiger partial charge in [-0.05, 0) is 28.4 Å². The number of halogens is 3. The molecule has 5 heteroatoms. The largest absolute Gasteiger partial charge is 0.328 e. The van der Waals surface area contributed by atoms with Crippen molar-refractivity contribution in [3.8, 4) is 0 Å². The van der Waals surface area contributed by atoms with Crippen LogP contribution in [0.4, 0.5) is 4.39 Å². The predicted octanol–water partition coefficient (Wildman–Crippen LogP) is 4.91. The Morgan fingerprint density at radius 2 is 2.16 bits per heavy atom. The molecule has 0 aliphatic heterocycles. The summed E-state index contributed by atoms with van der Waals surface area (Å²) in [5.74, 6) is 1.20. The number of rotatable bonds is 6. The number of nitrogens with zero attached hydrogens (tertiary/aromatic N) is 2. The van der Waals surface area contributed by atoms with E-state index in [1.54, 1.807) is 6.07 Å². The fourth-order valence-electron chi connectivity index (χ4n) is 2.21. The lowest BCUT2D eigenvalue weighted by Crippen LogP contribution is -2.05. The van der Waals surface area contributed by atoms with Gasteiger partial charge in [0.05, 0.1) is 15.5 Å². The summed E-state index contributed by atoms with van der Waals surface area (Å²) in [6.45, 7) is 3.09. The number of alkyl halides is 1. The van der Waals surface area contributed by atoms with Crippen molar-refractivity contribution in [1.29, 1.82) is 0 Å². The van der Waals surface area contributed by atoms with Crippen LogP contribution >= 0.6 is 27.5 Å². The van der Waals surface area contributed by atoms with Crippen molar-refractivity contribution in [3.63, 3.8) is 0 Å². The van der Waals surface area contributed by atoms with Crippen molar-refractivity contribution in [3.05, 3.63) is 28.2 Å². The molecule has 0 atom stereocenters. The third kappa shape index (κ3) is 3.29. The summed E-state index contributed by atoms with van der Waals surface area (Å²) in [4.78, 5) is 4.50. The molecule has 1 heterocycles. The van der Waals surface area contributed by atoms with Gasteiger partial charge in [-0.2, -0.15) is 0 Å². The summed E-state index contributed by atoms with van der Waals surface area (Å²) >= 11 is 9.06. The van der Waals surface area contributed by atoms with E-state index in [-0.39, 0.29) is 5.82 Å². The number of unbranched alkanes of at least 4 members (excludes halogenated alkanes) is 2. The number of aromatic nitrogens is 2. The van der Waals surface area contributed by atoms with E-state index in [1.807, 2.05) is 0 Å². The van der Waals surface area contributed by atoms with Gasteiger partial charge in [-0.3, -0.25) is 0 Å². The van der Waals surface area contributed by atoms with E-state index in [0.29, 0.717) is 22.3 Å². The number of benzene rings is 1. The maximum Gasteiger partial charge on any atom is 0.139 e. The van der Waals surface area contributed by atoms with E-state index in [2.05, 4.69) is 32.4 Å². The van der Waals surface area contributed by atoms with Crippen LogP contribution in [0, 0.1) is 5.82 Å². The molecule has 2 aromatic rings. The number of aryl methyl sites for hydroxylation is 2. The Bertz CT molecular complexity index is 568. The van der Waals surface area contributed by atoms with Gasteiger partial charge >= 0.3 is 0 Å². The zero-order chi connectivity index (χ0) is 13.8. The van der Waals surface area contributed by atoms with E-state index < -0.39 is 0 Å². The lowest BCUT2D eigenvalue weighted by molar-refractivity contribution is 0.594. The normalized spacial score (nSPS) is 11.4. The lowest BCUT2D eigenvalue weighted by atomic mass is 10.2. The Morgan fingerprint density at radius 1 is 1.37 bits per heavy atom. The standard InChI is InChI=1S/C14H17BrClFN2/c1-2-3-4-7-19-13-8-10(15)11(17)9-12(13)18-14(19)5-6-16/h8-9H,2-7H2,1H3. The second kappa shape index (κ2) is 6.71. The maximum absolute atomic E-state index is 13.6. The number of hydrogen-bond donors (Lipinski definition) is 0. The molecule has 0 aliphatic rings. The van der Waals surface area contributed by atoms with Crippen LogP contribution in [0.15, 0.2) is 16.6 Å². The molecule has 0 radical (unpaired) electrons. The summed E-state index contributed by atoms with van der Waals surface area (Å²) in [6, 6.07) is 3.29. The molecule has 2 nitrogen and oxygen atoms in total. The van der Waals surface area contributed by atoms with Gasteiger partial charge in [0.2, 0.25) is 0 Å². The first kappa shape index (κ1) is 14.8. The zero-order valence-electron chi connectivity index (χ0n) is 10.9. The zero-order valence-corrected chi connectivity index (χ0v) is 13.3. The molecule has 0 amide bonds. The highest BCUT2D eigenvalue weighted by molar-refractivity contribution is 9.10. The molecule has 1 aromatic carbocycles. The second-order valence-electron chi connectivity index (χ2n) is 4.58. The highest BCUT2D eigenvalue weighted by atomic mass is 79.9. The Hall–Kier alpha value is -0.610. The van der Waals surface area contributed by atoms with Crippen LogP contribution in [0.25, 0.3) is 11.0 Å². The number of hydrogen-bond acceptors (Lipinski definition) is 1. The number of imidazole rings is 1. The summed E-state index contributed by atoms with van der Waals surface area (Å²) < 4.78 is 16.2. The lowest BCUT2D eigenvalue weighted by Gasteiger charge is -2.08. The third-order valence-corrected chi connectivity index (χ3v) is 3.97. The molecule has 19 heavy (non-hydrogen) atoms. The molecule has 1 aromatic heterocycles. The van der Waals surface area contributed by atoms with Crippen LogP contribution in [0.2, 0.25) is 0 Å². The average molecular weight is 348 g/mol. The molecule has 0 N–H and O–H groups in total. The minimum absolute atomic E-state index is 0.275. The molecule has 0 saturated carbocycles. The molecular formula is C14H17BrClFN2. The van der Waals surface area contributed by atoms with E-state index in [1.165, 1.54) is 18.9 Å². The molecule has 0 aliphatic carbocycles. The monoisotopic (exact) mass is 346 g/mol. The van der Waals surface area contributed by atoms with Crippen molar-refractivity contribution in [2.75, 3.05) is 5.88 Å². The van der Waals surface area contributed by atoms with Gasteiger partial charge in [0, 0.05) is 24.9 Å². The van der Waals surface area contributed by atoms with Gasteiger partial charge in [-0.15, -0.1) is 11.6 Å². The summed E-state index contributed by atoms with van der Waals surface area (Å²) in [5.41, 5.74) is 1.68. The minimum Gasteiger partial charge on any atom is -0.328 e. The van der Waals surface area contributed by atoms with E-state index in [9.17, 15) is 4.39 Å². The first-order valence-corrected chi connectivity index (χ1v) is 7.90. The molecule has 0 spiro atoms. The second-order valence-corrected chi connectivity index (χ2v) is 5.81. The summed E-state index contributed by atoms with van der Waals surface area (Å²) in [6.07, 6.45) is 4.17. The van der Waals surface area contributed by atoms with Crippen molar-refractivity contribution >= 4 is 38.6 Å². The van der Waals surface area contributed by atoms with Crippen LogP contribution < -0.4 is 0 Å². The van der Waals surface area contributed by atoms with Gasteiger partial charge in [0.15, 0.2) is 0 Å². The minimum atomic E-state index is -0.275. The maximum atomic E-state index is 13.6. The predicted molar refractivity (Wildman–Crippen MR) is 81.3 cm³/mol.